The molecule has 43 heavy (non-hydrogen) atoms. The Labute approximate surface area is 245 Å². The molecule has 5 N–H and O–H groups in total. The molecule has 4 rings (SSSR count). The van der Waals surface area contributed by atoms with E-state index in [4.69, 9.17) is 15.6 Å². The lowest BCUT2D eigenvalue weighted by Gasteiger charge is -2.16. The molecular formula is C28H24F3N5O6S. The van der Waals surface area contributed by atoms with E-state index in [2.05, 4.69) is 15.6 Å². The van der Waals surface area contributed by atoms with Crippen molar-refractivity contribution in [1.82, 2.24) is 14.9 Å². The van der Waals surface area contributed by atoms with Crippen LogP contribution in [0.2, 0.25) is 0 Å². The van der Waals surface area contributed by atoms with Gasteiger partial charge in [-0.2, -0.15) is 0 Å². The van der Waals surface area contributed by atoms with Crippen LogP contribution in [0.3, 0.4) is 0 Å². The van der Waals surface area contributed by atoms with Gasteiger partial charge in [0.1, 0.15) is 46.5 Å². The minimum Gasteiger partial charge on any atom is -0.487 e. The van der Waals surface area contributed by atoms with Gasteiger partial charge in [-0.25, -0.2) is 22.9 Å². The summed E-state index contributed by atoms with van der Waals surface area (Å²) in [6.07, 6.45) is 2.61. The average Bonchev–Trinajstić information content (AvgIpc) is 3.33. The summed E-state index contributed by atoms with van der Waals surface area (Å²) in [7, 11) is 0. The lowest BCUT2D eigenvalue weighted by molar-refractivity contribution is -0.118. The molecule has 0 aliphatic rings. The number of hydrogen-bond acceptors (Lipinski definition) is 7. The van der Waals surface area contributed by atoms with E-state index in [1.165, 1.54) is 41.1 Å². The molecule has 2 heterocycles. The Kier molecular flexibility index (Phi) is 9.77. The van der Waals surface area contributed by atoms with Crippen LogP contribution in [0.5, 0.6) is 5.75 Å². The Bertz CT molecular complexity index is 1770. The van der Waals surface area contributed by atoms with E-state index in [9.17, 15) is 32.3 Å². The van der Waals surface area contributed by atoms with Gasteiger partial charge in [0.2, 0.25) is 11.8 Å². The standard InChI is InChI=1S/C28H24F3N5O6S/c29-16-8-7-15(18(31)10-16)14-42-22-12-17(30)11-21-25(22)43-24(33-21)13-36-9-3-5-20(27(36)39)34-26(38)19(35-28(40)41)4-1-2-6-23(32)37/h2-3,5-12,19,35H,1,4,13-14H2,(H2,32,37)(H,34,38)(H,40,41). The fourth-order valence-electron chi connectivity index (χ4n) is 3.99. The van der Waals surface area contributed by atoms with E-state index in [0.29, 0.717) is 15.8 Å². The molecule has 0 aliphatic heterocycles. The third-order valence-electron chi connectivity index (χ3n) is 5.97. The van der Waals surface area contributed by atoms with Crippen molar-refractivity contribution in [3.8, 4) is 5.75 Å². The molecule has 2 aromatic heterocycles. The van der Waals surface area contributed by atoms with Gasteiger partial charge in [-0.05, 0) is 43.2 Å². The van der Waals surface area contributed by atoms with Crippen molar-refractivity contribution < 1.29 is 37.4 Å². The highest BCUT2D eigenvalue weighted by Crippen LogP contribution is 2.33. The quantitative estimate of drug-likeness (QED) is 0.176. The summed E-state index contributed by atoms with van der Waals surface area (Å²) in [5.74, 6) is -3.62. The number of amides is 3. The number of benzene rings is 2. The van der Waals surface area contributed by atoms with Gasteiger partial charge in [0, 0.05) is 30.0 Å². The number of halogens is 3. The first kappa shape index (κ1) is 30.8. The molecule has 3 amide bonds. The van der Waals surface area contributed by atoms with Crippen molar-refractivity contribution in [2.45, 2.75) is 32.0 Å². The SMILES string of the molecule is NC(=O)C=CCCC(NC(=O)O)C(=O)Nc1cccn(Cc2nc3cc(F)cc(OCc4ccc(F)cc4F)c3s2)c1=O. The summed E-state index contributed by atoms with van der Waals surface area (Å²) in [6, 6.07) is 6.90. The second kappa shape index (κ2) is 13.7. The van der Waals surface area contributed by atoms with Crippen molar-refractivity contribution in [1.29, 1.82) is 0 Å². The van der Waals surface area contributed by atoms with Crippen molar-refractivity contribution in [3.63, 3.8) is 0 Å². The molecule has 0 radical (unpaired) electrons. The number of anilines is 1. The van der Waals surface area contributed by atoms with Crippen molar-refractivity contribution in [2.24, 2.45) is 5.73 Å². The number of nitrogens with zero attached hydrogens (tertiary/aromatic N) is 2. The molecule has 0 spiro atoms. The lowest BCUT2D eigenvalue weighted by Crippen LogP contribution is -2.44. The normalized spacial score (nSPS) is 11.9. The number of aromatic nitrogens is 2. The largest absolute Gasteiger partial charge is 0.487 e. The van der Waals surface area contributed by atoms with Gasteiger partial charge in [-0.15, -0.1) is 11.3 Å². The van der Waals surface area contributed by atoms with Gasteiger partial charge in [-0.3, -0.25) is 14.4 Å². The molecule has 15 heteroatoms. The van der Waals surface area contributed by atoms with Gasteiger partial charge < -0.3 is 30.8 Å². The number of allylic oxidation sites excluding steroid dienone is 1. The van der Waals surface area contributed by atoms with Gasteiger partial charge in [-0.1, -0.05) is 6.08 Å². The van der Waals surface area contributed by atoms with E-state index in [0.717, 1.165) is 29.5 Å². The molecule has 1 unspecified atom stereocenters. The summed E-state index contributed by atoms with van der Waals surface area (Å²) in [5, 5.41) is 14.0. The zero-order valence-corrected chi connectivity index (χ0v) is 23.0. The first-order chi connectivity index (χ1) is 20.5. The maximum Gasteiger partial charge on any atom is 0.405 e. The molecule has 0 aliphatic carbocycles. The molecule has 11 nitrogen and oxygen atoms in total. The first-order valence-electron chi connectivity index (χ1n) is 12.6. The topological polar surface area (TPSA) is 166 Å². The molecule has 4 aromatic rings. The average molecular weight is 616 g/mol. The van der Waals surface area contributed by atoms with Gasteiger partial charge in [0.05, 0.1) is 16.8 Å². The van der Waals surface area contributed by atoms with Gasteiger partial charge >= 0.3 is 6.09 Å². The van der Waals surface area contributed by atoms with E-state index in [-0.39, 0.29) is 48.5 Å². The van der Waals surface area contributed by atoms with Crippen LogP contribution in [-0.2, 0) is 22.7 Å². The number of carbonyl (C=O) groups is 3. The van der Waals surface area contributed by atoms with E-state index >= 15 is 0 Å². The van der Waals surface area contributed by atoms with Crippen LogP contribution in [0, 0.1) is 17.5 Å². The van der Waals surface area contributed by atoms with Crippen LogP contribution < -0.4 is 26.7 Å². The monoisotopic (exact) mass is 615 g/mol. The number of carbonyl (C=O) groups excluding carboxylic acids is 2. The number of rotatable bonds is 12. The fraction of sp³-hybridized carbons (Fsp3) is 0.179. The lowest BCUT2D eigenvalue weighted by atomic mass is 10.1. The molecule has 0 fully saturated rings. The zero-order valence-electron chi connectivity index (χ0n) is 22.2. The summed E-state index contributed by atoms with van der Waals surface area (Å²) in [5.41, 5.74) is 4.57. The summed E-state index contributed by atoms with van der Waals surface area (Å²) >= 11 is 1.10. The molecule has 0 bridgehead atoms. The van der Waals surface area contributed by atoms with E-state index in [1.807, 2.05) is 0 Å². The minimum atomic E-state index is -1.46. The summed E-state index contributed by atoms with van der Waals surface area (Å²) < 4.78 is 48.9. The minimum absolute atomic E-state index is 0.0105. The Balaban J connectivity index is 1.51. The highest BCUT2D eigenvalue weighted by atomic mass is 32.1. The second-order valence-corrected chi connectivity index (χ2v) is 10.2. The van der Waals surface area contributed by atoms with Crippen LogP contribution in [0.15, 0.2) is 65.6 Å². The predicted molar refractivity (Wildman–Crippen MR) is 151 cm³/mol. The number of primary amides is 1. The highest BCUT2D eigenvalue weighted by Gasteiger charge is 2.21. The summed E-state index contributed by atoms with van der Waals surface area (Å²) in [6.45, 7) is -0.359. The molecule has 0 saturated heterocycles. The number of hydrogen-bond donors (Lipinski definition) is 4. The number of carboxylic acid groups (broad SMARTS) is 1. The third kappa shape index (κ3) is 8.19. The Morgan fingerprint density at radius 3 is 2.65 bits per heavy atom. The smallest absolute Gasteiger partial charge is 0.405 e. The van der Waals surface area contributed by atoms with Crippen LogP contribution in [-0.4, -0.2) is 38.6 Å². The molecule has 2 aromatic carbocycles. The van der Waals surface area contributed by atoms with Crippen LogP contribution in [0.4, 0.5) is 23.7 Å². The maximum atomic E-state index is 14.3. The number of nitrogens with one attached hydrogen (secondary N) is 2. The molecule has 224 valence electrons. The number of fused-ring (bicyclic) bond motifs is 1. The molecule has 0 saturated carbocycles. The van der Waals surface area contributed by atoms with Crippen LogP contribution in [0.1, 0.15) is 23.4 Å². The van der Waals surface area contributed by atoms with Gasteiger partial charge in [0.15, 0.2) is 0 Å². The van der Waals surface area contributed by atoms with E-state index in [1.54, 1.807) is 0 Å². The third-order valence-corrected chi connectivity index (χ3v) is 7.04. The highest BCUT2D eigenvalue weighted by molar-refractivity contribution is 7.19. The second-order valence-electron chi connectivity index (χ2n) is 9.11. The van der Waals surface area contributed by atoms with Crippen LogP contribution in [0.25, 0.3) is 10.2 Å². The van der Waals surface area contributed by atoms with E-state index < -0.39 is 47.0 Å². The number of thiazole rings is 1. The number of ether oxygens (including phenoxy) is 1. The van der Waals surface area contributed by atoms with Gasteiger partial charge in [0.25, 0.3) is 5.56 Å². The van der Waals surface area contributed by atoms with Crippen molar-refractivity contribution in [2.75, 3.05) is 5.32 Å². The number of pyridine rings is 1. The maximum absolute atomic E-state index is 14.3. The Morgan fingerprint density at radius 1 is 1.14 bits per heavy atom. The zero-order chi connectivity index (χ0) is 31.1. The first-order valence-corrected chi connectivity index (χ1v) is 13.4. The molecular weight excluding hydrogens is 591 g/mol. The molecule has 1 atom stereocenters. The van der Waals surface area contributed by atoms with Crippen molar-refractivity contribution >= 4 is 45.1 Å². The fourth-order valence-corrected chi connectivity index (χ4v) is 5.00. The Hall–Kier alpha value is -5.18. The summed E-state index contributed by atoms with van der Waals surface area (Å²) in [4.78, 5) is 52.3. The number of nitrogens with two attached hydrogens (primary N) is 1. The Morgan fingerprint density at radius 2 is 1.93 bits per heavy atom. The van der Waals surface area contributed by atoms with Crippen molar-refractivity contribution in [3.05, 3.63) is 99.2 Å². The van der Waals surface area contributed by atoms with Crippen LogP contribution >= 0.6 is 11.3 Å². The predicted octanol–water partition coefficient (Wildman–Crippen LogP) is 3.90.